The molecule has 1 saturated carbocycles. The first-order chi connectivity index (χ1) is 11.6. The molecule has 2 heterocycles. The third kappa shape index (κ3) is 2.75. The zero-order chi connectivity index (χ0) is 16.7. The number of aryl methyl sites for hydroxylation is 1. The summed E-state index contributed by atoms with van der Waals surface area (Å²) >= 11 is 0. The molecule has 5 nitrogen and oxygen atoms in total. The van der Waals surface area contributed by atoms with Crippen molar-refractivity contribution in [3.05, 3.63) is 23.8 Å². The number of benzene rings is 1. The van der Waals surface area contributed by atoms with Crippen LogP contribution in [0.4, 0.5) is 5.69 Å². The van der Waals surface area contributed by atoms with Gasteiger partial charge in [-0.3, -0.25) is 4.79 Å². The van der Waals surface area contributed by atoms with E-state index in [4.69, 9.17) is 0 Å². The molecule has 24 heavy (non-hydrogen) atoms. The Labute approximate surface area is 143 Å². The molecule has 1 atom stereocenters. The number of fused-ring (bicyclic) bond motifs is 1. The maximum Gasteiger partial charge on any atom is 0.243 e. The second kappa shape index (κ2) is 6.15. The first kappa shape index (κ1) is 16.1. The molecule has 1 aromatic carbocycles. The normalized spacial score (nSPS) is 25.7. The van der Waals surface area contributed by atoms with Crippen LogP contribution >= 0.6 is 0 Å². The summed E-state index contributed by atoms with van der Waals surface area (Å²) in [6.07, 6.45) is 7.76. The second-order valence-electron chi connectivity index (χ2n) is 7.24. The second-order valence-corrected chi connectivity index (χ2v) is 9.13. The smallest absolute Gasteiger partial charge is 0.243 e. The molecule has 0 aromatic heterocycles. The highest BCUT2D eigenvalue weighted by Gasteiger charge is 2.40. The van der Waals surface area contributed by atoms with Crippen molar-refractivity contribution in [2.45, 2.75) is 62.3 Å². The molecule has 3 aliphatic rings. The van der Waals surface area contributed by atoms with Gasteiger partial charge in [-0.15, -0.1) is 0 Å². The van der Waals surface area contributed by atoms with Crippen LogP contribution in [0, 0.1) is 5.92 Å². The van der Waals surface area contributed by atoms with Crippen LogP contribution in [-0.4, -0.2) is 31.2 Å². The van der Waals surface area contributed by atoms with Crippen molar-refractivity contribution in [2.75, 3.05) is 11.9 Å². The number of nitrogens with zero attached hydrogens (tertiary/aromatic N) is 1. The summed E-state index contributed by atoms with van der Waals surface area (Å²) in [6.45, 7) is 0.636. The number of amides is 1. The number of sulfonamides is 1. The van der Waals surface area contributed by atoms with E-state index in [0.717, 1.165) is 36.9 Å². The first-order valence-corrected chi connectivity index (χ1v) is 10.4. The Bertz CT molecular complexity index is 754. The fourth-order valence-corrected chi connectivity index (χ4v) is 6.34. The zero-order valence-electron chi connectivity index (χ0n) is 13.8. The molecular formula is C18H24N2O3S. The molecule has 1 unspecified atom stereocenters. The van der Waals surface area contributed by atoms with Gasteiger partial charge in [-0.2, -0.15) is 4.31 Å². The molecular weight excluding hydrogens is 324 g/mol. The van der Waals surface area contributed by atoms with Gasteiger partial charge >= 0.3 is 0 Å². The van der Waals surface area contributed by atoms with Gasteiger partial charge in [-0.25, -0.2) is 8.42 Å². The van der Waals surface area contributed by atoms with Gasteiger partial charge in [0.05, 0.1) is 4.90 Å². The van der Waals surface area contributed by atoms with E-state index < -0.39 is 10.0 Å². The molecule has 0 bridgehead atoms. The first-order valence-electron chi connectivity index (χ1n) is 9.00. The van der Waals surface area contributed by atoms with Gasteiger partial charge in [0.25, 0.3) is 0 Å². The summed E-state index contributed by atoms with van der Waals surface area (Å²) in [7, 11) is -3.45. The SMILES string of the molecule is O=C1CCc2cc(S(=O)(=O)N3CCCC3C3CCCC3)ccc2N1. The van der Waals surface area contributed by atoms with Crippen LogP contribution in [0.15, 0.2) is 23.1 Å². The van der Waals surface area contributed by atoms with Crippen molar-refractivity contribution < 1.29 is 13.2 Å². The number of carbonyl (C=O) groups excluding carboxylic acids is 1. The number of hydrogen-bond acceptors (Lipinski definition) is 3. The number of anilines is 1. The van der Waals surface area contributed by atoms with Crippen LogP contribution in [0.1, 0.15) is 50.5 Å². The van der Waals surface area contributed by atoms with E-state index in [1.165, 1.54) is 12.8 Å². The predicted octanol–water partition coefficient (Wildman–Crippen LogP) is 2.91. The van der Waals surface area contributed by atoms with E-state index in [-0.39, 0.29) is 11.9 Å². The zero-order valence-corrected chi connectivity index (χ0v) is 14.6. The summed E-state index contributed by atoms with van der Waals surface area (Å²) in [5, 5.41) is 2.81. The largest absolute Gasteiger partial charge is 0.326 e. The molecule has 1 aliphatic carbocycles. The summed E-state index contributed by atoms with van der Waals surface area (Å²) in [5.41, 5.74) is 1.67. The van der Waals surface area contributed by atoms with Crippen LogP contribution < -0.4 is 5.32 Å². The minimum atomic E-state index is -3.45. The monoisotopic (exact) mass is 348 g/mol. The third-order valence-corrected chi connectivity index (χ3v) is 7.69. The van der Waals surface area contributed by atoms with E-state index in [1.807, 2.05) is 0 Å². The highest BCUT2D eigenvalue weighted by molar-refractivity contribution is 7.89. The Hall–Kier alpha value is -1.40. The van der Waals surface area contributed by atoms with Gasteiger partial charge < -0.3 is 5.32 Å². The Morgan fingerprint density at radius 3 is 2.62 bits per heavy atom. The number of nitrogens with one attached hydrogen (secondary N) is 1. The van der Waals surface area contributed by atoms with Crippen molar-refractivity contribution >= 4 is 21.6 Å². The molecule has 1 aromatic rings. The molecule has 6 heteroatoms. The highest BCUT2D eigenvalue weighted by Crippen LogP contribution is 2.38. The van der Waals surface area contributed by atoms with Gasteiger partial charge in [0, 0.05) is 24.7 Å². The quantitative estimate of drug-likeness (QED) is 0.913. The minimum absolute atomic E-state index is 0.000975. The Morgan fingerprint density at radius 1 is 1.04 bits per heavy atom. The Morgan fingerprint density at radius 2 is 1.83 bits per heavy atom. The number of carbonyl (C=O) groups is 1. The Kier molecular flexibility index (Phi) is 4.12. The van der Waals surface area contributed by atoms with Crippen molar-refractivity contribution in [1.82, 2.24) is 4.31 Å². The maximum absolute atomic E-state index is 13.2. The predicted molar refractivity (Wildman–Crippen MR) is 92.3 cm³/mol. The van der Waals surface area contributed by atoms with Crippen LogP contribution in [0.3, 0.4) is 0 Å². The van der Waals surface area contributed by atoms with E-state index in [1.54, 1.807) is 22.5 Å². The van der Waals surface area contributed by atoms with Gasteiger partial charge in [-0.1, -0.05) is 12.8 Å². The molecule has 0 spiro atoms. The average molecular weight is 348 g/mol. The average Bonchev–Trinajstić information content (AvgIpc) is 3.25. The lowest BCUT2D eigenvalue weighted by Crippen LogP contribution is -2.39. The van der Waals surface area contributed by atoms with E-state index >= 15 is 0 Å². The summed E-state index contributed by atoms with van der Waals surface area (Å²) in [5.74, 6) is 0.526. The number of rotatable bonds is 3. The molecule has 0 radical (unpaired) electrons. The van der Waals surface area contributed by atoms with Crippen molar-refractivity contribution in [3.8, 4) is 0 Å². The molecule has 2 aliphatic heterocycles. The standard InChI is InChI=1S/C18H24N2O3S/c21-18-10-7-14-12-15(8-9-16(14)19-18)24(22,23)20-11-3-6-17(20)13-4-1-2-5-13/h8-9,12-13,17H,1-7,10-11H2,(H,19,21). The van der Waals surface area contributed by atoms with Crippen molar-refractivity contribution in [2.24, 2.45) is 5.92 Å². The van der Waals surface area contributed by atoms with Gasteiger partial charge in [0.1, 0.15) is 0 Å². The van der Waals surface area contributed by atoms with Crippen molar-refractivity contribution in [3.63, 3.8) is 0 Å². The fourth-order valence-electron chi connectivity index (χ4n) is 4.53. The lowest BCUT2D eigenvalue weighted by Gasteiger charge is -2.29. The van der Waals surface area contributed by atoms with Crippen LogP contribution in [0.5, 0.6) is 0 Å². The molecule has 1 amide bonds. The molecule has 1 saturated heterocycles. The molecule has 130 valence electrons. The maximum atomic E-state index is 13.2. The van der Waals surface area contributed by atoms with Crippen molar-refractivity contribution in [1.29, 1.82) is 0 Å². The topological polar surface area (TPSA) is 66.5 Å². The lowest BCUT2D eigenvalue weighted by atomic mass is 9.97. The highest BCUT2D eigenvalue weighted by atomic mass is 32.2. The van der Waals surface area contributed by atoms with E-state index in [9.17, 15) is 13.2 Å². The minimum Gasteiger partial charge on any atom is -0.326 e. The van der Waals surface area contributed by atoms with Gasteiger partial charge in [-0.05, 0) is 61.8 Å². The van der Waals surface area contributed by atoms with Gasteiger partial charge in [0.2, 0.25) is 15.9 Å². The molecule has 1 N–H and O–H groups in total. The summed E-state index contributed by atoms with van der Waals surface area (Å²) in [6, 6.07) is 5.31. The summed E-state index contributed by atoms with van der Waals surface area (Å²) in [4.78, 5) is 11.8. The fraction of sp³-hybridized carbons (Fsp3) is 0.611. The van der Waals surface area contributed by atoms with E-state index in [2.05, 4.69) is 5.32 Å². The molecule has 2 fully saturated rings. The number of hydrogen-bond donors (Lipinski definition) is 1. The van der Waals surface area contributed by atoms with E-state index in [0.29, 0.717) is 30.2 Å². The van der Waals surface area contributed by atoms with Gasteiger partial charge in [0.15, 0.2) is 0 Å². The lowest BCUT2D eigenvalue weighted by molar-refractivity contribution is -0.116. The third-order valence-electron chi connectivity index (χ3n) is 5.77. The molecule has 4 rings (SSSR count). The van der Waals surface area contributed by atoms with Crippen LogP contribution in [0.25, 0.3) is 0 Å². The van der Waals surface area contributed by atoms with Crippen LogP contribution in [0.2, 0.25) is 0 Å². The van der Waals surface area contributed by atoms with Crippen LogP contribution in [-0.2, 0) is 21.2 Å². The Balaban J connectivity index is 1.63. The summed E-state index contributed by atoms with van der Waals surface area (Å²) < 4.78 is 28.1.